The number of pyridine rings is 1. The number of nitrogens with zero attached hydrogens (tertiary/aromatic N) is 3. The van der Waals surface area contributed by atoms with E-state index in [2.05, 4.69) is 4.98 Å². The molecule has 2 fully saturated rings. The molecule has 33 heavy (non-hydrogen) atoms. The number of rotatable bonds is 4. The van der Waals surface area contributed by atoms with Crippen LogP contribution in [0.5, 0.6) is 0 Å². The van der Waals surface area contributed by atoms with Gasteiger partial charge in [-0.2, -0.15) is 0 Å². The van der Waals surface area contributed by atoms with E-state index in [1.165, 1.54) is 4.90 Å². The van der Waals surface area contributed by atoms with Crippen LogP contribution in [0.1, 0.15) is 36.9 Å². The predicted molar refractivity (Wildman–Crippen MR) is 121 cm³/mol. The van der Waals surface area contributed by atoms with E-state index in [9.17, 15) is 19.5 Å². The van der Waals surface area contributed by atoms with Crippen LogP contribution in [0.3, 0.4) is 0 Å². The monoisotopic (exact) mass is 469 g/mol. The summed E-state index contributed by atoms with van der Waals surface area (Å²) in [5, 5.41) is 11.5. The topological polar surface area (TPSA) is 100 Å². The molecular weight excluding hydrogens is 446 g/mol. The first-order valence-electron chi connectivity index (χ1n) is 10.8. The van der Waals surface area contributed by atoms with Crippen molar-refractivity contribution >= 4 is 35.1 Å². The number of aliphatic hydroxyl groups is 1. The van der Waals surface area contributed by atoms with Crippen molar-refractivity contribution in [3.05, 3.63) is 70.5 Å². The molecule has 9 heteroatoms. The number of amides is 2. The van der Waals surface area contributed by atoms with E-state index in [0.29, 0.717) is 42.1 Å². The lowest BCUT2D eigenvalue weighted by molar-refractivity contribution is -0.142. The molecule has 2 aliphatic heterocycles. The number of benzene rings is 1. The summed E-state index contributed by atoms with van der Waals surface area (Å²) in [6.07, 6.45) is 3.77. The SMILES string of the molecule is CCOC(=O)N1CCC(N2C(=O)C(=O)/C(=C(/O)c3cccc(Cl)c3)C2c2cccnc2)CC1. The molecule has 2 amide bonds. The highest BCUT2D eigenvalue weighted by Crippen LogP contribution is 2.42. The molecule has 1 N–H and O–H groups in total. The van der Waals surface area contributed by atoms with Crippen LogP contribution in [0.15, 0.2) is 54.4 Å². The summed E-state index contributed by atoms with van der Waals surface area (Å²) >= 11 is 6.08. The molecule has 4 rings (SSSR count). The minimum absolute atomic E-state index is 0.00286. The third-order valence-corrected chi connectivity index (χ3v) is 6.20. The van der Waals surface area contributed by atoms with Gasteiger partial charge < -0.3 is 19.6 Å². The molecule has 0 aliphatic carbocycles. The minimum Gasteiger partial charge on any atom is -0.507 e. The number of Topliss-reactive ketones (excluding diaryl/α,β-unsaturated/α-hetero) is 1. The smallest absolute Gasteiger partial charge is 0.409 e. The summed E-state index contributed by atoms with van der Waals surface area (Å²) in [4.78, 5) is 45.7. The fourth-order valence-electron chi connectivity index (χ4n) is 4.42. The molecule has 172 valence electrons. The zero-order valence-electron chi connectivity index (χ0n) is 18.1. The van der Waals surface area contributed by atoms with E-state index >= 15 is 0 Å². The molecule has 0 saturated carbocycles. The van der Waals surface area contributed by atoms with Crippen LogP contribution in [0.4, 0.5) is 4.79 Å². The lowest BCUT2D eigenvalue weighted by atomic mass is 9.94. The van der Waals surface area contributed by atoms with Crippen molar-refractivity contribution in [1.82, 2.24) is 14.8 Å². The maximum Gasteiger partial charge on any atom is 0.409 e. The molecule has 8 nitrogen and oxygen atoms in total. The second-order valence-corrected chi connectivity index (χ2v) is 8.36. The van der Waals surface area contributed by atoms with E-state index in [1.54, 1.807) is 60.6 Å². The number of hydrogen-bond donors (Lipinski definition) is 1. The molecule has 1 aromatic heterocycles. The van der Waals surface area contributed by atoms with E-state index < -0.39 is 17.7 Å². The number of hydrogen-bond acceptors (Lipinski definition) is 6. The molecule has 2 aromatic rings. The number of aliphatic hydroxyl groups excluding tert-OH is 1. The molecule has 1 unspecified atom stereocenters. The van der Waals surface area contributed by atoms with Crippen molar-refractivity contribution in [2.75, 3.05) is 19.7 Å². The largest absolute Gasteiger partial charge is 0.507 e. The van der Waals surface area contributed by atoms with Gasteiger partial charge in [0.15, 0.2) is 0 Å². The Morgan fingerprint density at radius 1 is 1.21 bits per heavy atom. The maximum atomic E-state index is 13.2. The molecule has 2 aliphatic rings. The van der Waals surface area contributed by atoms with Crippen molar-refractivity contribution < 1.29 is 24.2 Å². The van der Waals surface area contributed by atoms with E-state index in [0.717, 1.165) is 0 Å². The summed E-state index contributed by atoms with van der Waals surface area (Å²) < 4.78 is 5.07. The molecule has 1 aromatic carbocycles. The third kappa shape index (κ3) is 4.43. The first-order valence-corrected chi connectivity index (χ1v) is 11.2. The number of likely N-dealkylation sites (tertiary alicyclic amines) is 2. The van der Waals surface area contributed by atoms with Crippen molar-refractivity contribution in [1.29, 1.82) is 0 Å². The highest BCUT2D eigenvalue weighted by Gasteiger charge is 2.49. The third-order valence-electron chi connectivity index (χ3n) is 5.96. The van der Waals surface area contributed by atoms with Gasteiger partial charge in [0.25, 0.3) is 11.7 Å². The summed E-state index contributed by atoms with van der Waals surface area (Å²) in [5.41, 5.74) is 0.975. The summed E-state index contributed by atoms with van der Waals surface area (Å²) in [5.74, 6) is -1.72. The fraction of sp³-hybridized carbons (Fsp3) is 0.333. The number of ketones is 1. The van der Waals surface area contributed by atoms with Crippen molar-refractivity contribution in [2.24, 2.45) is 0 Å². The average Bonchev–Trinajstić information content (AvgIpc) is 3.10. The van der Waals surface area contributed by atoms with E-state index in [4.69, 9.17) is 16.3 Å². The molecule has 3 heterocycles. The second-order valence-electron chi connectivity index (χ2n) is 7.92. The quantitative estimate of drug-likeness (QED) is 0.415. The second kappa shape index (κ2) is 9.62. The number of halogens is 1. The summed E-state index contributed by atoms with van der Waals surface area (Å²) in [6.45, 7) is 2.84. The van der Waals surface area contributed by atoms with Crippen molar-refractivity contribution in [3.8, 4) is 0 Å². The van der Waals surface area contributed by atoms with Gasteiger partial charge in [-0.25, -0.2) is 4.79 Å². The first kappa shape index (κ1) is 22.8. The lowest BCUT2D eigenvalue weighted by Gasteiger charge is -2.38. The number of piperidine rings is 1. The molecule has 0 bridgehead atoms. The highest BCUT2D eigenvalue weighted by molar-refractivity contribution is 6.46. The van der Waals surface area contributed by atoms with Gasteiger partial charge in [0.05, 0.1) is 18.2 Å². The number of carbonyl (C=O) groups is 3. The van der Waals surface area contributed by atoms with Gasteiger partial charge in [0.1, 0.15) is 5.76 Å². The molecule has 0 spiro atoms. The zero-order valence-corrected chi connectivity index (χ0v) is 18.9. The molecule has 1 atom stereocenters. The van der Waals surface area contributed by atoms with Gasteiger partial charge in [-0.1, -0.05) is 29.8 Å². The van der Waals surface area contributed by atoms with Gasteiger partial charge in [0, 0.05) is 42.1 Å². The predicted octanol–water partition coefficient (Wildman–Crippen LogP) is 3.78. The fourth-order valence-corrected chi connectivity index (χ4v) is 4.61. The Morgan fingerprint density at radius 3 is 2.61 bits per heavy atom. The standard InChI is InChI=1S/C24H24ClN3O5/c1-2-33-24(32)27-11-8-18(9-12-27)28-20(16-6-4-10-26-14-16)19(22(30)23(28)31)21(29)15-5-3-7-17(25)13-15/h3-7,10,13-14,18,20,29H,2,8-9,11-12H2,1H3/b21-19+. The zero-order chi connectivity index (χ0) is 23.5. The molecule has 0 radical (unpaired) electrons. The number of aromatic nitrogens is 1. The number of ether oxygens (including phenoxy) is 1. The van der Waals surface area contributed by atoms with Gasteiger partial charge in [0.2, 0.25) is 0 Å². The first-order chi connectivity index (χ1) is 15.9. The van der Waals surface area contributed by atoms with Crippen molar-refractivity contribution in [3.63, 3.8) is 0 Å². The van der Waals surface area contributed by atoms with E-state index in [1.807, 2.05) is 0 Å². The van der Waals surface area contributed by atoms with Crippen LogP contribution < -0.4 is 0 Å². The van der Waals surface area contributed by atoms with Crippen LogP contribution in [-0.2, 0) is 14.3 Å². The van der Waals surface area contributed by atoms with Gasteiger partial charge >= 0.3 is 6.09 Å². The Labute approximate surface area is 196 Å². The Morgan fingerprint density at radius 2 is 1.97 bits per heavy atom. The van der Waals surface area contributed by atoms with Crippen LogP contribution in [0, 0.1) is 0 Å². The Bertz CT molecular complexity index is 1100. The van der Waals surface area contributed by atoms with Crippen LogP contribution in [0.2, 0.25) is 5.02 Å². The van der Waals surface area contributed by atoms with Crippen molar-refractivity contribution in [2.45, 2.75) is 31.8 Å². The normalized spacial score (nSPS) is 20.8. The highest BCUT2D eigenvalue weighted by atomic mass is 35.5. The average molecular weight is 470 g/mol. The van der Waals surface area contributed by atoms with Gasteiger partial charge in [-0.3, -0.25) is 14.6 Å². The summed E-state index contributed by atoms with van der Waals surface area (Å²) in [6, 6.07) is 8.91. The Kier molecular flexibility index (Phi) is 6.65. The van der Waals surface area contributed by atoms with Gasteiger partial charge in [-0.05, 0) is 43.5 Å². The van der Waals surface area contributed by atoms with Gasteiger partial charge in [-0.15, -0.1) is 0 Å². The van der Waals surface area contributed by atoms with Crippen LogP contribution >= 0.6 is 11.6 Å². The molecular formula is C24H24ClN3O5. The van der Waals surface area contributed by atoms with E-state index in [-0.39, 0.29) is 30.1 Å². The van der Waals surface area contributed by atoms with Crippen LogP contribution in [0.25, 0.3) is 5.76 Å². The number of carbonyl (C=O) groups excluding carboxylic acids is 3. The molecule has 2 saturated heterocycles. The Hall–Kier alpha value is -3.39. The minimum atomic E-state index is -0.795. The lowest BCUT2D eigenvalue weighted by Crippen LogP contribution is -2.48. The summed E-state index contributed by atoms with van der Waals surface area (Å²) in [7, 11) is 0. The maximum absolute atomic E-state index is 13.2. The Balaban J connectivity index is 1.72. The van der Waals surface area contributed by atoms with Crippen LogP contribution in [-0.4, -0.2) is 63.4 Å².